The van der Waals surface area contributed by atoms with Crippen LogP contribution in [0.3, 0.4) is 0 Å². The smallest absolute Gasteiger partial charge is 0.236 e. The molecule has 0 saturated carbocycles. The summed E-state index contributed by atoms with van der Waals surface area (Å²) in [5, 5.41) is 1.25. The SMILES string of the molecule is Cc1ccc(SCC(=O)N2CCN(S(=O)(=O)C=Cc3ccccc3)CC2)c(C)c1. The van der Waals surface area contributed by atoms with Crippen molar-refractivity contribution in [1.29, 1.82) is 0 Å². The Kier molecular flexibility index (Phi) is 7.16. The van der Waals surface area contributed by atoms with E-state index in [1.165, 1.54) is 32.6 Å². The molecule has 3 rings (SSSR count). The summed E-state index contributed by atoms with van der Waals surface area (Å²) in [5.74, 6) is 0.414. The highest BCUT2D eigenvalue weighted by Crippen LogP contribution is 2.24. The van der Waals surface area contributed by atoms with Crippen molar-refractivity contribution in [3.8, 4) is 0 Å². The molecule has 1 saturated heterocycles. The van der Waals surface area contributed by atoms with Crippen LogP contribution in [0, 0.1) is 13.8 Å². The van der Waals surface area contributed by atoms with Crippen LogP contribution >= 0.6 is 11.8 Å². The Balaban J connectivity index is 1.51. The maximum atomic E-state index is 12.5. The molecule has 0 radical (unpaired) electrons. The van der Waals surface area contributed by atoms with Crippen molar-refractivity contribution in [2.45, 2.75) is 18.7 Å². The van der Waals surface area contributed by atoms with Crippen LogP contribution in [0.15, 0.2) is 58.8 Å². The summed E-state index contributed by atoms with van der Waals surface area (Å²) in [7, 11) is -3.49. The van der Waals surface area contributed by atoms with Crippen molar-refractivity contribution in [3.05, 3.63) is 70.6 Å². The third kappa shape index (κ3) is 5.95. The van der Waals surface area contributed by atoms with Crippen LogP contribution in [0.2, 0.25) is 0 Å². The van der Waals surface area contributed by atoms with E-state index in [-0.39, 0.29) is 5.91 Å². The minimum Gasteiger partial charge on any atom is -0.339 e. The molecule has 2 aromatic carbocycles. The average molecular weight is 431 g/mol. The quantitative estimate of drug-likeness (QED) is 0.658. The molecule has 1 aliphatic rings. The fourth-order valence-electron chi connectivity index (χ4n) is 3.20. The lowest BCUT2D eigenvalue weighted by Gasteiger charge is -2.33. The Bertz CT molecular complexity index is 980. The number of piperazine rings is 1. The van der Waals surface area contributed by atoms with Crippen LogP contribution in [0.4, 0.5) is 0 Å². The van der Waals surface area contributed by atoms with Crippen molar-refractivity contribution < 1.29 is 13.2 Å². The Morgan fingerprint density at radius 3 is 2.38 bits per heavy atom. The molecule has 1 fully saturated rings. The zero-order chi connectivity index (χ0) is 20.9. The summed E-state index contributed by atoms with van der Waals surface area (Å²) in [6, 6.07) is 15.5. The number of hydrogen-bond acceptors (Lipinski definition) is 4. The topological polar surface area (TPSA) is 57.7 Å². The van der Waals surface area contributed by atoms with Crippen molar-refractivity contribution in [1.82, 2.24) is 9.21 Å². The second-order valence-electron chi connectivity index (χ2n) is 7.10. The van der Waals surface area contributed by atoms with Gasteiger partial charge in [0.25, 0.3) is 0 Å². The van der Waals surface area contributed by atoms with E-state index in [0.717, 1.165) is 10.5 Å². The number of amides is 1. The second kappa shape index (κ2) is 9.61. The molecule has 2 aromatic rings. The van der Waals surface area contributed by atoms with Gasteiger partial charge >= 0.3 is 0 Å². The number of rotatable bonds is 6. The van der Waals surface area contributed by atoms with Crippen LogP contribution in [0.5, 0.6) is 0 Å². The first-order valence-electron chi connectivity index (χ1n) is 9.56. The largest absolute Gasteiger partial charge is 0.339 e. The summed E-state index contributed by atoms with van der Waals surface area (Å²) in [4.78, 5) is 15.4. The van der Waals surface area contributed by atoms with Gasteiger partial charge in [-0.15, -0.1) is 11.8 Å². The number of carbonyl (C=O) groups is 1. The van der Waals surface area contributed by atoms with E-state index in [1.54, 1.807) is 11.0 Å². The Labute approximate surface area is 177 Å². The van der Waals surface area contributed by atoms with Gasteiger partial charge in [0.2, 0.25) is 15.9 Å². The summed E-state index contributed by atoms with van der Waals surface area (Å²) >= 11 is 1.54. The van der Waals surface area contributed by atoms with Crippen LogP contribution in [0.1, 0.15) is 16.7 Å². The minimum atomic E-state index is -3.49. The molecule has 1 heterocycles. The predicted molar refractivity (Wildman–Crippen MR) is 119 cm³/mol. The lowest BCUT2D eigenvalue weighted by atomic mass is 10.2. The van der Waals surface area contributed by atoms with E-state index in [1.807, 2.05) is 49.4 Å². The van der Waals surface area contributed by atoms with E-state index in [2.05, 4.69) is 13.0 Å². The molecule has 7 heteroatoms. The van der Waals surface area contributed by atoms with Crippen LogP contribution in [0.25, 0.3) is 6.08 Å². The molecule has 0 N–H and O–H groups in total. The highest BCUT2D eigenvalue weighted by Gasteiger charge is 2.27. The van der Waals surface area contributed by atoms with Crippen molar-refractivity contribution >= 4 is 33.8 Å². The van der Waals surface area contributed by atoms with E-state index < -0.39 is 10.0 Å². The standard InChI is InChI=1S/C22H26N2O3S2/c1-18-8-9-21(19(2)16-18)28-17-22(25)23-11-13-24(14-12-23)29(26,27)15-10-20-6-4-3-5-7-20/h3-10,15-16H,11-14,17H2,1-2H3. The Morgan fingerprint density at radius 1 is 1.03 bits per heavy atom. The lowest BCUT2D eigenvalue weighted by Crippen LogP contribution is -2.50. The first-order valence-corrected chi connectivity index (χ1v) is 12.1. The van der Waals surface area contributed by atoms with E-state index in [0.29, 0.717) is 31.9 Å². The van der Waals surface area contributed by atoms with Gasteiger partial charge in [0, 0.05) is 36.5 Å². The highest BCUT2D eigenvalue weighted by molar-refractivity contribution is 8.00. The van der Waals surface area contributed by atoms with Gasteiger partial charge in [0.1, 0.15) is 0 Å². The molecule has 1 amide bonds. The molecular formula is C22H26N2O3S2. The number of aryl methyl sites for hydroxylation is 2. The zero-order valence-corrected chi connectivity index (χ0v) is 18.4. The summed E-state index contributed by atoms with van der Waals surface area (Å²) in [5.41, 5.74) is 3.22. The fourth-order valence-corrected chi connectivity index (χ4v) is 5.28. The summed E-state index contributed by atoms with van der Waals surface area (Å²) in [6.07, 6.45) is 1.60. The lowest BCUT2D eigenvalue weighted by molar-refractivity contribution is -0.129. The number of nitrogens with zero attached hydrogens (tertiary/aromatic N) is 2. The molecule has 5 nitrogen and oxygen atoms in total. The van der Waals surface area contributed by atoms with Gasteiger partial charge in [-0.1, -0.05) is 48.0 Å². The molecule has 154 valence electrons. The van der Waals surface area contributed by atoms with Gasteiger partial charge in [-0.25, -0.2) is 8.42 Å². The van der Waals surface area contributed by atoms with E-state index in [4.69, 9.17) is 0 Å². The maximum absolute atomic E-state index is 12.5. The van der Waals surface area contributed by atoms with Crippen molar-refractivity contribution in [3.63, 3.8) is 0 Å². The van der Waals surface area contributed by atoms with E-state index in [9.17, 15) is 13.2 Å². The molecular weight excluding hydrogens is 404 g/mol. The monoisotopic (exact) mass is 430 g/mol. The first-order chi connectivity index (χ1) is 13.8. The Morgan fingerprint density at radius 2 is 1.72 bits per heavy atom. The third-order valence-corrected chi connectivity index (χ3v) is 7.59. The Hall–Kier alpha value is -2.09. The third-order valence-electron chi connectivity index (χ3n) is 4.86. The van der Waals surface area contributed by atoms with Crippen molar-refractivity contribution in [2.75, 3.05) is 31.9 Å². The van der Waals surface area contributed by atoms with Gasteiger partial charge in [0.15, 0.2) is 0 Å². The van der Waals surface area contributed by atoms with E-state index >= 15 is 0 Å². The predicted octanol–water partition coefficient (Wildman–Crippen LogP) is 3.54. The summed E-state index contributed by atoms with van der Waals surface area (Å²) < 4.78 is 26.5. The fraction of sp³-hybridized carbons (Fsp3) is 0.318. The van der Waals surface area contributed by atoms with Gasteiger partial charge in [-0.3, -0.25) is 4.79 Å². The molecule has 0 spiro atoms. The molecule has 0 atom stereocenters. The maximum Gasteiger partial charge on any atom is 0.236 e. The number of sulfonamides is 1. The first kappa shape index (κ1) is 21.6. The van der Waals surface area contributed by atoms with Gasteiger partial charge in [-0.05, 0) is 37.1 Å². The number of carbonyl (C=O) groups excluding carboxylic acids is 1. The average Bonchev–Trinajstić information content (AvgIpc) is 2.72. The normalized spacial score (nSPS) is 15.7. The number of benzene rings is 2. The van der Waals surface area contributed by atoms with Crippen LogP contribution in [-0.4, -0.2) is 55.5 Å². The molecule has 0 unspecified atom stereocenters. The minimum absolute atomic E-state index is 0.0480. The molecule has 0 aliphatic carbocycles. The molecule has 0 aromatic heterocycles. The van der Waals surface area contributed by atoms with Crippen LogP contribution < -0.4 is 0 Å². The van der Waals surface area contributed by atoms with Gasteiger partial charge < -0.3 is 4.90 Å². The molecule has 29 heavy (non-hydrogen) atoms. The highest BCUT2D eigenvalue weighted by atomic mass is 32.2. The van der Waals surface area contributed by atoms with Gasteiger partial charge in [0.05, 0.1) is 5.75 Å². The molecule has 0 bridgehead atoms. The summed E-state index contributed by atoms with van der Waals surface area (Å²) in [6.45, 7) is 5.58. The van der Waals surface area contributed by atoms with Crippen molar-refractivity contribution in [2.24, 2.45) is 0 Å². The second-order valence-corrected chi connectivity index (χ2v) is 9.93. The zero-order valence-electron chi connectivity index (χ0n) is 16.7. The van der Waals surface area contributed by atoms with Gasteiger partial charge in [-0.2, -0.15) is 4.31 Å². The molecule has 1 aliphatic heterocycles. The number of hydrogen-bond donors (Lipinski definition) is 0. The van der Waals surface area contributed by atoms with Crippen LogP contribution in [-0.2, 0) is 14.8 Å². The number of thioether (sulfide) groups is 1.